The van der Waals surface area contributed by atoms with E-state index in [1.807, 2.05) is 23.2 Å². The highest BCUT2D eigenvalue weighted by Gasteiger charge is 2.37. The first kappa shape index (κ1) is 24.8. The largest absolute Gasteiger partial charge is 0.404 e. The predicted molar refractivity (Wildman–Crippen MR) is 142 cm³/mol. The molecule has 3 aliphatic rings. The highest BCUT2D eigenvalue weighted by atomic mass is 16.2. The first-order valence-electron chi connectivity index (χ1n) is 12.5. The van der Waals surface area contributed by atoms with Gasteiger partial charge < -0.3 is 30.7 Å². The fourth-order valence-corrected chi connectivity index (χ4v) is 4.97. The molecule has 0 spiro atoms. The Balaban J connectivity index is 1.48. The van der Waals surface area contributed by atoms with Crippen LogP contribution in [0.15, 0.2) is 59.3 Å². The number of nitrogens with two attached hydrogens (primary N) is 1. The maximum atomic E-state index is 12.9. The van der Waals surface area contributed by atoms with Gasteiger partial charge in [-0.2, -0.15) is 0 Å². The van der Waals surface area contributed by atoms with Gasteiger partial charge in [0, 0.05) is 58.1 Å². The van der Waals surface area contributed by atoms with Crippen LogP contribution in [0, 0.1) is 0 Å². The molecule has 0 atom stereocenters. The number of anilines is 2. The van der Waals surface area contributed by atoms with Crippen LogP contribution in [0.5, 0.6) is 0 Å². The van der Waals surface area contributed by atoms with Gasteiger partial charge in [-0.3, -0.25) is 4.79 Å². The van der Waals surface area contributed by atoms with E-state index in [1.165, 1.54) is 6.20 Å². The van der Waals surface area contributed by atoms with Crippen LogP contribution in [0.3, 0.4) is 0 Å². The van der Waals surface area contributed by atoms with E-state index < -0.39 is 0 Å². The van der Waals surface area contributed by atoms with Gasteiger partial charge in [-0.25, -0.2) is 9.98 Å². The molecule has 4 rings (SSSR count). The molecule has 1 saturated carbocycles. The van der Waals surface area contributed by atoms with Crippen molar-refractivity contribution in [2.45, 2.75) is 38.6 Å². The molecule has 0 bridgehead atoms. The maximum Gasteiger partial charge on any atom is 0.270 e. The lowest BCUT2D eigenvalue weighted by molar-refractivity contribution is -0.126. The van der Waals surface area contributed by atoms with Crippen LogP contribution in [0.2, 0.25) is 0 Å². The van der Waals surface area contributed by atoms with Crippen LogP contribution >= 0.6 is 0 Å². The lowest BCUT2D eigenvalue weighted by Crippen LogP contribution is -2.46. The molecule has 1 amide bonds. The van der Waals surface area contributed by atoms with Crippen molar-refractivity contribution in [3.63, 3.8) is 0 Å². The molecule has 0 unspecified atom stereocenters. The summed E-state index contributed by atoms with van der Waals surface area (Å²) in [6.45, 7) is 11.6. The molecular formula is C26H38N8O. The van der Waals surface area contributed by atoms with Gasteiger partial charge in [0.25, 0.3) is 5.91 Å². The summed E-state index contributed by atoms with van der Waals surface area (Å²) < 4.78 is 0. The van der Waals surface area contributed by atoms with E-state index in [0.29, 0.717) is 23.2 Å². The first-order chi connectivity index (χ1) is 16.9. The van der Waals surface area contributed by atoms with Gasteiger partial charge in [0.15, 0.2) is 0 Å². The number of hydrogen-bond acceptors (Lipinski definition) is 7. The lowest BCUT2D eigenvalue weighted by atomic mass is 10.2. The second kappa shape index (κ2) is 10.9. The van der Waals surface area contributed by atoms with Crippen LogP contribution in [0.25, 0.3) is 0 Å². The number of hydrogen-bond donors (Lipinski definition) is 2. The average Bonchev–Trinajstić information content (AvgIpc) is 3.52. The number of likely N-dealkylation sites (N-methyl/N-ethyl adjacent to an activating group) is 2. The van der Waals surface area contributed by atoms with Crippen LogP contribution < -0.4 is 16.0 Å². The third kappa shape index (κ3) is 5.51. The SMILES string of the molecule is C=C(/N=C1\C(=C/N)C=C(C(=O)N(C)C)N1C1CCCC1)Nc1ccc(N2CCN(CC)CC2)cn1. The quantitative estimate of drug-likeness (QED) is 0.622. The standard InChI is InChI=1S/C26H38N8O/c1-5-32-12-14-33(15-13-32)22-10-11-24(28-18-22)29-19(2)30-25-20(17-27)16-23(26(35)31(3)4)34(25)21-8-6-7-9-21/h10-11,16-18,21H,2,5-9,12-15,27H2,1,3-4H3,(H,28,29)/b20-17-,30-25+. The van der Waals surface area contributed by atoms with Gasteiger partial charge >= 0.3 is 0 Å². The first-order valence-corrected chi connectivity index (χ1v) is 12.5. The van der Waals surface area contributed by atoms with E-state index in [9.17, 15) is 4.79 Å². The van der Waals surface area contributed by atoms with Gasteiger partial charge in [-0.1, -0.05) is 26.3 Å². The molecule has 9 heteroatoms. The number of carbonyl (C=O) groups excluding carboxylic acids is 1. The van der Waals surface area contributed by atoms with E-state index >= 15 is 0 Å². The summed E-state index contributed by atoms with van der Waals surface area (Å²) >= 11 is 0. The van der Waals surface area contributed by atoms with Crippen LogP contribution in [-0.2, 0) is 4.79 Å². The highest BCUT2D eigenvalue weighted by Crippen LogP contribution is 2.34. The minimum Gasteiger partial charge on any atom is -0.404 e. The molecular weight excluding hydrogens is 440 g/mol. The van der Waals surface area contributed by atoms with Gasteiger partial charge in [-0.05, 0) is 37.6 Å². The van der Waals surface area contributed by atoms with E-state index in [4.69, 9.17) is 10.7 Å². The molecule has 0 aromatic carbocycles. The molecule has 0 radical (unpaired) electrons. The predicted octanol–water partition coefficient (Wildman–Crippen LogP) is 2.58. The molecule has 3 heterocycles. The van der Waals surface area contributed by atoms with Crippen molar-refractivity contribution >= 4 is 23.2 Å². The summed E-state index contributed by atoms with van der Waals surface area (Å²) in [5.41, 5.74) is 8.40. The number of amides is 1. The Morgan fingerprint density at radius 1 is 1.26 bits per heavy atom. The summed E-state index contributed by atoms with van der Waals surface area (Å²) in [4.78, 5) is 30.8. The van der Waals surface area contributed by atoms with Gasteiger partial charge in [0.1, 0.15) is 23.2 Å². The smallest absolute Gasteiger partial charge is 0.270 e. The lowest BCUT2D eigenvalue weighted by Gasteiger charge is -2.35. The number of aliphatic imine (C=N–C) groups is 1. The normalized spacial score (nSPS) is 21.6. The third-order valence-electron chi connectivity index (χ3n) is 6.98. The van der Waals surface area contributed by atoms with Crippen molar-refractivity contribution in [3.8, 4) is 0 Å². The number of pyridine rings is 1. The zero-order valence-electron chi connectivity index (χ0n) is 21.2. The minimum atomic E-state index is -0.0583. The van der Waals surface area contributed by atoms with Crippen LogP contribution in [0.4, 0.5) is 11.5 Å². The van der Waals surface area contributed by atoms with E-state index in [2.05, 4.69) is 39.7 Å². The summed E-state index contributed by atoms with van der Waals surface area (Å²) in [6, 6.07) is 4.26. The third-order valence-corrected chi connectivity index (χ3v) is 6.98. The van der Waals surface area contributed by atoms with Gasteiger partial charge in [0.2, 0.25) is 0 Å². The number of amidine groups is 1. The Kier molecular flexibility index (Phi) is 7.75. The second-order valence-electron chi connectivity index (χ2n) is 9.49. The molecule has 2 fully saturated rings. The number of nitrogens with zero attached hydrogens (tertiary/aromatic N) is 6. The highest BCUT2D eigenvalue weighted by molar-refractivity contribution is 6.12. The zero-order chi connectivity index (χ0) is 24.9. The van der Waals surface area contributed by atoms with Crippen molar-refractivity contribution in [2.24, 2.45) is 10.7 Å². The molecule has 2 aliphatic heterocycles. The number of aromatic nitrogens is 1. The number of piperazine rings is 1. The molecule has 1 aliphatic carbocycles. The second-order valence-corrected chi connectivity index (χ2v) is 9.49. The van der Waals surface area contributed by atoms with Crippen LogP contribution in [-0.4, -0.2) is 84.3 Å². The fourth-order valence-electron chi connectivity index (χ4n) is 4.97. The molecule has 1 saturated heterocycles. The number of carbonyl (C=O) groups is 1. The van der Waals surface area contributed by atoms with Gasteiger partial charge in [-0.15, -0.1) is 0 Å². The summed E-state index contributed by atoms with van der Waals surface area (Å²) in [6.07, 6.45) is 9.55. The molecule has 188 valence electrons. The average molecular weight is 479 g/mol. The maximum absolute atomic E-state index is 12.9. The van der Waals surface area contributed by atoms with Crippen molar-refractivity contribution in [1.82, 2.24) is 19.7 Å². The molecule has 3 N–H and O–H groups in total. The molecule has 1 aromatic rings. The van der Waals surface area contributed by atoms with Crippen LogP contribution in [0.1, 0.15) is 32.6 Å². The minimum absolute atomic E-state index is 0.0583. The summed E-state index contributed by atoms with van der Waals surface area (Å²) in [7, 11) is 3.52. The van der Waals surface area contributed by atoms with Crippen molar-refractivity contribution in [2.75, 3.05) is 57.0 Å². The Morgan fingerprint density at radius 3 is 2.54 bits per heavy atom. The Hall–Kier alpha value is -3.33. The summed E-state index contributed by atoms with van der Waals surface area (Å²) in [5, 5.41) is 3.20. The Bertz CT molecular complexity index is 1010. The Morgan fingerprint density at radius 2 is 1.97 bits per heavy atom. The fraction of sp³-hybridized carbons (Fsp3) is 0.500. The topological polar surface area (TPSA) is 93.3 Å². The number of rotatable bonds is 7. The monoisotopic (exact) mass is 478 g/mol. The Labute approximate surface area is 208 Å². The molecule has 35 heavy (non-hydrogen) atoms. The number of nitrogens with one attached hydrogen (secondary N) is 1. The van der Waals surface area contributed by atoms with E-state index in [1.54, 1.807) is 19.0 Å². The molecule has 1 aromatic heterocycles. The van der Waals surface area contributed by atoms with E-state index in [-0.39, 0.29) is 11.9 Å². The zero-order valence-corrected chi connectivity index (χ0v) is 21.2. The molecule has 9 nitrogen and oxygen atoms in total. The van der Waals surface area contributed by atoms with Crippen molar-refractivity contribution < 1.29 is 4.79 Å². The summed E-state index contributed by atoms with van der Waals surface area (Å²) in [5.74, 6) is 1.73. The van der Waals surface area contributed by atoms with Gasteiger partial charge in [0.05, 0.1) is 11.9 Å². The van der Waals surface area contributed by atoms with E-state index in [0.717, 1.165) is 69.7 Å². The van der Waals surface area contributed by atoms with Crippen molar-refractivity contribution in [1.29, 1.82) is 0 Å². The van der Waals surface area contributed by atoms with Crippen molar-refractivity contribution in [3.05, 3.63) is 54.3 Å².